The monoisotopic (exact) mass is 264 g/mol. The van der Waals surface area contributed by atoms with Gasteiger partial charge in [0.25, 0.3) is 0 Å². The van der Waals surface area contributed by atoms with Gasteiger partial charge in [-0.2, -0.15) is 0 Å². The first kappa shape index (κ1) is 16.2. The average molecular weight is 264 g/mol. The fourth-order valence-electron chi connectivity index (χ4n) is 2.58. The van der Waals surface area contributed by atoms with Crippen molar-refractivity contribution in [2.45, 2.75) is 59.1 Å². The molecule has 108 valence electrons. The molecule has 1 aromatic carbocycles. The Balaban J connectivity index is 2.70. The highest BCUT2D eigenvalue weighted by Crippen LogP contribution is 2.19. The molecule has 0 heterocycles. The molecule has 1 rings (SSSR count). The summed E-state index contributed by atoms with van der Waals surface area (Å²) in [6.45, 7) is 8.60. The van der Waals surface area contributed by atoms with Crippen molar-refractivity contribution >= 4 is 0 Å². The highest BCUT2D eigenvalue weighted by Gasteiger charge is 2.13. The minimum atomic E-state index is 0.288. The molecule has 3 nitrogen and oxygen atoms in total. The normalized spacial score (nSPS) is 14.4. The van der Waals surface area contributed by atoms with Crippen molar-refractivity contribution in [1.29, 1.82) is 0 Å². The van der Waals surface area contributed by atoms with Crippen LogP contribution in [0.3, 0.4) is 0 Å². The Kier molecular flexibility index (Phi) is 6.49. The van der Waals surface area contributed by atoms with Crippen LogP contribution in [0.5, 0.6) is 0 Å². The summed E-state index contributed by atoms with van der Waals surface area (Å²) in [5, 5.41) is 0. The zero-order valence-corrected chi connectivity index (χ0v) is 12.9. The number of methoxy groups -OCH3 is 1. The molecule has 3 heteroatoms. The summed E-state index contributed by atoms with van der Waals surface area (Å²) in [7, 11) is 1.75. The summed E-state index contributed by atoms with van der Waals surface area (Å²) < 4.78 is 5.29. The van der Waals surface area contributed by atoms with Gasteiger partial charge in [-0.1, -0.05) is 17.7 Å². The Morgan fingerprint density at radius 3 is 2.21 bits per heavy atom. The van der Waals surface area contributed by atoms with Crippen LogP contribution in [-0.4, -0.2) is 19.3 Å². The van der Waals surface area contributed by atoms with Gasteiger partial charge in [0, 0.05) is 13.2 Å². The Bertz CT molecular complexity index is 381. The highest BCUT2D eigenvalue weighted by molar-refractivity contribution is 5.38. The van der Waals surface area contributed by atoms with Crippen molar-refractivity contribution in [2.75, 3.05) is 7.11 Å². The van der Waals surface area contributed by atoms with Gasteiger partial charge in [0.05, 0.1) is 6.10 Å². The summed E-state index contributed by atoms with van der Waals surface area (Å²) in [5.41, 5.74) is 8.40. The van der Waals surface area contributed by atoms with Crippen LogP contribution >= 0.6 is 0 Å². The van der Waals surface area contributed by atoms with Gasteiger partial charge in [0.15, 0.2) is 0 Å². The molecule has 0 saturated heterocycles. The number of rotatable bonds is 7. The maximum Gasteiger partial charge on any atom is 0.0543 e. The third-order valence-corrected chi connectivity index (χ3v) is 3.85. The smallest absolute Gasteiger partial charge is 0.0543 e. The molecule has 0 fully saturated rings. The highest BCUT2D eigenvalue weighted by atomic mass is 16.5. The Morgan fingerprint density at radius 1 is 1.16 bits per heavy atom. The van der Waals surface area contributed by atoms with E-state index in [1.807, 2.05) is 0 Å². The first-order chi connectivity index (χ1) is 8.97. The molecular formula is C16H28N2O. The molecule has 1 aromatic rings. The quantitative estimate of drug-likeness (QED) is 0.588. The lowest BCUT2D eigenvalue weighted by Crippen LogP contribution is -2.37. The van der Waals surface area contributed by atoms with Crippen LogP contribution in [0.1, 0.15) is 42.0 Å². The molecule has 19 heavy (non-hydrogen) atoms. The average Bonchev–Trinajstić information content (AvgIpc) is 2.36. The second-order valence-electron chi connectivity index (χ2n) is 5.57. The molecule has 0 saturated carbocycles. The van der Waals surface area contributed by atoms with E-state index in [1.165, 1.54) is 22.3 Å². The van der Waals surface area contributed by atoms with Crippen LogP contribution in [0, 0.1) is 20.8 Å². The zero-order chi connectivity index (χ0) is 14.4. The Labute approximate surface area is 117 Å². The molecule has 0 bridgehead atoms. The van der Waals surface area contributed by atoms with Crippen LogP contribution in [0.2, 0.25) is 0 Å². The van der Waals surface area contributed by atoms with Crippen LogP contribution in [0.4, 0.5) is 0 Å². The van der Waals surface area contributed by atoms with E-state index in [0.717, 1.165) is 19.3 Å². The maximum absolute atomic E-state index is 5.69. The minimum absolute atomic E-state index is 0.288. The van der Waals surface area contributed by atoms with Crippen molar-refractivity contribution in [3.05, 3.63) is 34.4 Å². The van der Waals surface area contributed by atoms with Crippen LogP contribution < -0.4 is 11.3 Å². The predicted octanol–water partition coefficient (Wildman–Crippen LogP) is 2.80. The standard InChI is InChI=1S/C16H28N2O/c1-11-8-12(2)16(13(3)9-11)10-15(18-17)7-6-14(4)19-5/h8-9,14-15,18H,6-7,10,17H2,1-5H3. The second kappa shape index (κ2) is 7.63. The molecule has 0 aromatic heterocycles. The number of hydrazine groups is 1. The molecule has 0 radical (unpaired) electrons. The van der Waals surface area contributed by atoms with Crippen LogP contribution in [-0.2, 0) is 11.2 Å². The zero-order valence-electron chi connectivity index (χ0n) is 12.9. The summed E-state index contributed by atoms with van der Waals surface area (Å²) >= 11 is 0. The van der Waals surface area contributed by atoms with E-state index >= 15 is 0 Å². The fraction of sp³-hybridized carbons (Fsp3) is 0.625. The van der Waals surface area contributed by atoms with E-state index in [2.05, 4.69) is 45.3 Å². The molecule has 2 atom stereocenters. The van der Waals surface area contributed by atoms with Gasteiger partial charge in [0.1, 0.15) is 0 Å². The lowest BCUT2D eigenvalue weighted by atomic mass is 9.92. The van der Waals surface area contributed by atoms with E-state index in [-0.39, 0.29) is 6.10 Å². The van der Waals surface area contributed by atoms with E-state index in [1.54, 1.807) is 7.11 Å². The van der Waals surface area contributed by atoms with Gasteiger partial charge in [-0.25, -0.2) is 0 Å². The summed E-state index contributed by atoms with van der Waals surface area (Å²) in [5.74, 6) is 5.69. The van der Waals surface area contributed by atoms with Gasteiger partial charge in [-0.05, 0) is 63.6 Å². The third kappa shape index (κ3) is 4.94. The lowest BCUT2D eigenvalue weighted by Gasteiger charge is -2.20. The van der Waals surface area contributed by atoms with E-state index in [4.69, 9.17) is 10.6 Å². The first-order valence-corrected chi connectivity index (χ1v) is 7.03. The van der Waals surface area contributed by atoms with E-state index in [0.29, 0.717) is 6.04 Å². The lowest BCUT2D eigenvalue weighted by molar-refractivity contribution is 0.106. The first-order valence-electron chi connectivity index (χ1n) is 7.03. The maximum atomic E-state index is 5.69. The van der Waals surface area contributed by atoms with E-state index in [9.17, 15) is 0 Å². The third-order valence-electron chi connectivity index (χ3n) is 3.85. The van der Waals surface area contributed by atoms with E-state index < -0.39 is 0 Å². The van der Waals surface area contributed by atoms with Crippen molar-refractivity contribution in [3.8, 4) is 0 Å². The van der Waals surface area contributed by atoms with Gasteiger partial charge in [0.2, 0.25) is 0 Å². The van der Waals surface area contributed by atoms with Crippen LogP contribution in [0.25, 0.3) is 0 Å². The second-order valence-corrected chi connectivity index (χ2v) is 5.57. The summed E-state index contributed by atoms with van der Waals surface area (Å²) in [6.07, 6.45) is 3.31. The minimum Gasteiger partial charge on any atom is -0.382 e. The number of hydrogen-bond donors (Lipinski definition) is 2. The van der Waals surface area contributed by atoms with Gasteiger partial charge >= 0.3 is 0 Å². The van der Waals surface area contributed by atoms with Gasteiger partial charge < -0.3 is 4.74 Å². The van der Waals surface area contributed by atoms with Gasteiger partial charge in [-0.15, -0.1) is 0 Å². The van der Waals surface area contributed by atoms with Crippen molar-refractivity contribution in [1.82, 2.24) is 5.43 Å². The largest absolute Gasteiger partial charge is 0.382 e. The fourth-order valence-corrected chi connectivity index (χ4v) is 2.58. The number of hydrogen-bond acceptors (Lipinski definition) is 3. The topological polar surface area (TPSA) is 47.3 Å². The molecule has 3 N–H and O–H groups in total. The van der Waals surface area contributed by atoms with Crippen molar-refractivity contribution in [3.63, 3.8) is 0 Å². The SMILES string of the molecule is COC(C)CCC(Cc1c(C)cc(C)cc1C)NN. The molecular weight excluding hydrogens is 236 g/mol. The number of benzene rings is 1. The number of nitrogens with two attached hydrogens (primary N) is 1. The molecule has 2 unspecified atom stereocenters. The Hall–Kier alpha value is -0.900. The molecule has 0 aliphatic carbocycles. The molecule has 0 amide bonds. The molecule has 0 spiro atoms. The van der Waals surface area contributed by atoms with Crippen molar-refractivity contribution in [2.24, 2.45) is 5.84 Å². The number of nitrogens with one attached hydrogen (secondary N) is 1. The molecule has 0 aliphatic heterocycles. The van der Waals surface area contributed by atoms with Crippen LogP contribution in [0.15, 0.2) is 12.1 Å². The molecule has 0 aliphatic rings. The Morgan fingerprint density at radius 2 is 1.74 bits per heavy atom. The number of ether oxygens (including phenoxy) is 1. The summed E-state index contributed by atoms with van der Waals surface area (Å²) in [4.78, 5) is 0. The summed E-state index contributed by atoms with van der Waals surface area (Å²) in [6, 6.07) is 4.79. The van der Waals surface area contributed by atoms with Crippen molar-refractivity contribution < 1.29 is 4.74 Å². The predicted molar refractivity (Wildman–Crippen MR) is 81.2 cm³/mol. The number of aryl methyl sites for hydroxylation is 3. The van der Waals surface area contributed by atoms with Gasteiger partial charge in [-0.3, -0.25) is 11.3 Å².